The maximum Gasteiger partial charge on any atom is 0.203 e. The molecule has 0 bridgehead atoms. The van der Waals surface area contributed by atoms with E-state index in [4.69, 9.17) is 18.7 Å². The van der Waals surface area contributed by atoms with Gasteiger partial charge < -0.3 is 18.7 Å². The van der Waals surface area contributed by atoms with E-state index in [-0.39, 0.29) is 0 Å². The Hall–Kier alpha value is -2.21. The molecule has 142 valence electrons. The first kappa shape index (κ1) is 18.6. The van der Waals surface area contributed by atoms with Crippen LogP contribution in [-0.4, -0.2) is 37.9 Å². The Bertz CT molecular complexity index is 757. The number of rotatable bonds is 7. The summed E-state index contributed by atoms with van der Waals surface area (Å²) in [5.41, 5.74) is 3.34. The van der Waals surface area contributed by atoms with Crippen molar-refractivity contribution in [1.82, 2.24) is 10.1 Å². The molecule has 1 fully saturated rings. The first-order valence-electron chi connectivity index (χ1n) is 9.11. The summed E-state index contributed by atoms with van der Waals surface area (Å²) in [5.74, 6) is 3.04. The van der Waals surface area contributed by atoms with Gasteiger partial charge in [0.05, 0.1) is 27.0 Å². The maximum absolute atomic E-state index is 5.65. The number of methoxy groups -OCH3 is 3. The predicted molar refractivity (Wildman–Crippen MR) is 99.1 cm³/mol. The molecule has 0 N–H and O–H groups in total. The van der Waals surface area contributed by atoms with Gasteiger partial charge in [0.15, 0.2) is 11.5 Å². The smallest absolute Gasteiger partial charge is 0.203 e. The van der Waals surface area contributed by atoms with E-state index in [1.165, 1.54) is 5.56 Å². The minimum absolute atomic E-state index is 0.328. The van der Waals surface area contributed by atoms with E-state index in [2.05, 4.69) is 23.0 Å². The van der Waals surface area contributed by atoms with Crippen molar-refractivity contribution in [3.05, 3.63) is 34.7 Å². The number of likely N-dealkylation sites (tertiary alicyclic amines) is 1. The van der Waals surface area contributed by atoms with Crippen LogP contribution in [0.3, 0.4) is 0 Å². The fourth-order valence-corrected chi connectivity index (χ4v) is 3.95. The van der Waals surface area contributed by atoms with Crippen LogP contribution in [0.4, 0.5) is 0 Å². The van der Waals surface area contributed by atoms with Gasteiger partial charge in [-0.05, 0) is 32.4 Å². The molecule has 1 aliphatic rings. The zero-order chi connectivity index (χ0) is 18.7. The number of benzene rings is 1. The first-order chi connectivity index (χ1) is 12.6. The Labute approximate surface area is 155 Å². The lowest BCUT2D eigenvalue weighted by molar-refractivity contribution is 0.239. The van der Waals surface area contributed by atoms with Gasteiger partial charge in [-0.25, -0.2) is 0 Å². The molecule has 26 heavy (non-hydrogen) atoms. The summed E-state index contributed by atoms with van der Waals surface area (Å²) in [6.07, 6.45) is 3.14. The summed E-state index contributed by atoms with van der Waals surface area (Å²) < 4.78 is 22.1. The van der Waals surface area contributed by atoms with Crippen molar-refractivity contribution in [2.45, 2.75) is 45.7 Å². The van der Waals surface area contributed by atoms with Crippen LogP contribution in [0.15, 0.2) is 16.7 Å². The Kier molecular flexibility index (Phi) is 5.71. The van der Waals surface area contributed by atoms with E-state index in [1.807, 2.05) is 13.0 Å². The minimum atomic E-state index is 0.328. The van der Waals surface area contributed by atoms with E-state index in [1.54, 1.807) is 21.3 Å². The highest BCUT2D eigenvalue weighted by Gasteiger charge is 2.32. The van der Waals surface area contributed by atoms with Gasteiger partial charge in [0, 0.05) is 30.1 Å². The van der Waals surface area contributed by atoms with Gasteiger partial charge in [-0.3, -0.25) is 4.90 Å². The predicted octanol–water partition coefficient (Wildman–Crippen LogP) is 3.91. The van der Waals surface area contributed by atoms with E-state index in [0.717, 1.165) is 55.1 Å². The molecule has 6 nitrogen and oxygen atoms in total. The largest absolute Gasteiger partial charge is 0.493 e. The van der Waals surface area contributed by atoms with Crippen LogP contribution in [0.2, 0.25) is 0 Å². The normalized spacial score (nSPS) is 17.5. The molecule has 2 aromatic rings. The van der Waals surface area contributed by atoms with Crippen molar-refractivity contribution < 1.29 is 18.7 Å². The molecule has 0 radical (unpaired) electrons. The van der Waals surface area contributed by atoms with Crippen LogP contribution in [0.25, 0.3) is 0 Å². The molecule has 0 amide bonds. The van der Waals surface area contributed by atoms with Crippen molar-refractivity contribution in [3.63, 3.8) is 0 Å². The monoisotopic (exact) mass is 360 g/mol. The van der Waals surface area contributed by atoms with Crippen molar-refractivity contribution in [2.24, 2.45) is 0 Å². The molecule has 1 aliphatic heterocycles. The highest BCUT2D eigenvalue weighted by atomic mass is 16.5. The second kappa shape index (κ2) is 7.99. The molecule has 1 unspecified atom stereocenters. The quantitative estimate of drug-likeness (QED) is 0.746. The van der Waals surface area contributed by atoms with Gasteiger partial charge in [-0.15, -0.1) is 0 Å². The maximum atomic E-state index is 5.65. The van der Waals surface area contributed by atoms with Crippen molar-refractivity contribution in [3.8, 4) is 17.2 Å². The van der Waals surface area contributed by atoms with E-state index in [0.29, 0.717) is 17.5 Å². The first-order valence-corrected chi connectivity index (χ1v) is 9.11. The summed E-state index contributed by atoms with van der Waals surface area (Å²) in [6.45, 7) is 5.96. The molecule has 1 aromatic heterocycles. The summed E-state index contributed by atoms with van der Waals surface area (Å²) in [5, 5.41) is 4.19. The molecular formula is C20H28N2O4. The van der Waals surface area contributed by atoms with Crippen LogP contribution in [0.5, 0.6) is 17.2 Å². The van der Waals surface area contributed by atoms with Crippen molar-refractivity contribution in [2.75, 3.05) is 27.9 Å². The van der Waals surface area contributed by atoms with Crippen LogP contribution in [0.1, 0.15) is 48.4 Å². The van der Waals surface area contributed by atoms with Gasteiger partial charge >= 0.3 is 0 Å². The van der Waals surface area contributed by atoms with Crippen molar-refractivity contribution in [1.29, 1.82) is 0 Å². The molecule has 1 atom stereocenters. The third kappa shape index (κ3) is 3.26. The van der Waals surface area contributed by atoms with Crippen LogP contribution < -0.4 is 14.2 Å². The lowest BCUT2D eigenvalue weighted by Gasteiger charge is -2.26. The summed E-state index contributed by atoms with van der Waals surface area (Å²) in [7, 11) is 4.94. The summed E-state index contributed by atoms with van der Waals surface area (Å²) >= 11 is 0. The molecule has 6 heteroatoms. The standard InChI is InChI=1S/C20H28N2O4/c1-6-16-18(13(2)21-26-16)15-8-7-11-22(15)12-14-9-10-17(23-3)20(25-5)19(14)24-4/h9-10,15H,6-8,11-12H2,1-5H3. The molecule has 2 heterocycles. The average Bonchev–Trinajstić information content (AvgIpc) is 3.26. The zero-order valence-corrected chi connectivity index (χ0v) is 16.3. The third-order valence-electron chi connectivity index (χ3n) is 5.16. The number of hydrogen-bond acceptors (Lipinski definition) is 6. The zero-order valence-electron chi connectivity index (χ0n) is 16.3. The minimum Gasteiger partial charge on any atom is -0.493 e. The second-order valence-corrected chi connectivity index (χ2v) is 6.58. The third-order valence-corrected chi connectivity index (χ3v) is 5.16. The molecule has 0 spiro atoms. The molecule has 1 aromatic carbocycles. The van der Waals surface area contributed by atoms with Gasteiger partial charge in [-0.1, -0.05) is 18.1 Å². The number of aryl methyl sites for hydroxylation is 2. The Morgan fingerprint density at radius 2 is 1.92 bits per heavy atom. The number of hydrogen-bond donors (Lipinski definition) is 0. The lowest BCUT2D eigenvalue weighted by Crippen LogP contribution is -2.24. The van der Waals surface area contributed by atoms with Gasteiger partial charge in [0.1, 0.15) is 5.76 Å². The fourth-order valence-electron chi connectivity index (χ4n) is 3.95. The lowest BCUT2D eigenvalue weighted by atomic mass is 10.0. The van der Waals surface area contributed by atoms with Crippen LogP contribution in [0, 0.1) is 6.92 Å². The van der Waals surface area contributed by atoms with Gasteiger partial charge in [0.2, 0.25) is 5.75 Å². The highest BCUT2D eigenvalue weighted by molar-refractivity contribution is 5.55. The number of aromatic nitrogens is 1. The SMILES string of the molecule is CCc1onc(C)c1C1CCCN1Cc1ccc(OC)c(OC)c1OC. The van der Waals surface area contributed by atoms with E-state index in [9.17, 15) is 0 Å². The highest BCUT2D eigenvalue weighted by Crippen LogP contribution is 2.42. The summed E-state index contributed by atoms with van der Waals surface area (Å²) in [4.78, 5) is 2.47. The van der Waals surface area contributed by atoms with E-state index >= 15 is 0 Å². The molecule has 1 saturated heterocycles. The topological polar surface area (TPSA) is 57.0 Å². The van der Waals surface area contributed by atoms with Gasteiger partial charge in [-0.2, -0.15) is 0 Å². The van der Waals surface area contributed by atoms with Gasteiger partial charge in [0.25, 0.3) is 0 Å². The molecule has 3 rings (SSSR count). The number of nitrogens with zero attached hydrogens (tertiary/aromatic N) is 2. The Morgan fingerprint density at radius 3 is 2.58 bits per heavy atom. The van der Waals surface area contributed by atoms with Crippen LogP contribution in [-0.2, 0) is 13.0 Å². The number of ether oxygens (including phenoxy) is 3. The summed E-state index contributed by atoms with van der Waals surface area (Å²) in [6, 6.07) is 4.31. The Balaban J connectivity index is 1.92. The van der Waals surface area contributed by atoms with E-state index < -0.39 is 0 Å². The fraction of sp³-hybridized carbons (Fsp3) is 0.550. The Morgan fingerprint density at radius 1 is 1.15 bits per heavy atom. The molecular weight excluding hydrogens is 332 g/mol. The molecule has 0 saturated carbocycles. The van der Waals surface area contributed by atoms with Crippen molar-refractivity contribution >= 4 is 0 Å². The average molecular weight is 360 g/mol. The van der Waals surface area contributed by atoms with Crippen LogP contribution >= 0.6 is 0 Å². The molecule has 0 aliphatic carbocycles. The second-order valence-electron chi connectivity index (χ2n) is 6.58.